The van der Waals surface area contributed by atoms with E-state index in [4.69, 9.17) is 0 Å². The first-order chi connectivity index (χ1) is 18.5. The topological polar surface area (TPSA) is 0 Å². The second kappa shape index (κ2) is 13.8. The lowest BCUT2D eigenvalue weighted by molar-refractivity contribution is 0.375. The van der Waals surface area contributed by atoms with Crippen LogP contribution in [0, 0.1) is 23.4 Å². The highest BCUT2D eigenvalue weighted by Crippen LogP contribution is 2.38. The molecule has 3 aromatic rings. The van der Waals surface area contributed by atoms with Gasteiger partial charge in [-0.25, -0.2) is 13.2 Å². The Morgan fingerprint density at radius 1 is 0.711 bits per heavy atom. The summed E-state index contributed by atoms with van der Waals surface area (Å²) in [6.07, 6.45) is 14.9. The average molecular weight is 519 g/mol. The summed E-state index contributed by atoms with van der Waals surface area (Å²) in [5.74, 6) is -0.827. The molecule has 1 aliphatic carbocycles. The van der Waals surface area contributed by atoms with E-state index in [1.807, 2.05) is 18.2 Å². The second-order valence-corrected chi connectivity index (χ2v) is 10.9. The quantitative estimate of drug-likeness (QED) is 0.165. The molecule has 1 aliphatic rings. The Kier molecular flexibility index (Phi) is 10.3. The monoisotopic (exact) mass is 518 g/mol. The zero-order valence-electron chi connectivity index (χ0n) is 22.8. The van der Waals surface area contributed by atoms with E-state index in [9.17, 15) is 8.78 Å². The van der Waals surface area contributed by atoms with Crippen LogP contribution in [0.3, 0.4) is 0 Å². The lowest BCUT2D eigenvalue weighted by Gasteiger charge is -2.27. The molecule has 1 saturated carbocycles. The van der Waals surface area contributed by atoms with Crippen molar-refractivity contribution < 1.29 is 13.2 Å². The predicted molar refractivity (Wildman–Crippen MR) is 154 cm³/mol. The third kappa shape index (κ3) is 6.98. The molecular formula is C35H41F3. The van der Waals surface area contributed by atoms with Gasteiger partial charge < -0.3 is 0 Å². The molecule has 0 heterocycles. The van der Waals surface area contributed by atoms with Crippen molar-refractivity contribution in [1.29, 1.82) is 0 Å². The number of unbranched alkanes of at least 4 members (excludes halogenated alkanes) is 6. The number of hydrogen-bond acceptors (Lipinski definition) is 0. The third-order valence-electron chi connectivity index (χ3n) is 8.29. The molecule has 0 nitrogen and oxygen atoms in total. The largest absolute Gasteiger partial charge is 0.206 e. The molecule has 0 aromatic heterocycles. The van der Waals surface area contributed by atoms with Crippen LogP contribution in [0.2, 0.25) is 0 Å². The van der Waals surface area contributed by atoms with Gasteiger partial charge in [0.2, 0.25) is 0 Å². The molecular weight excluding hydrogens is 477 g/mol. The highest BCUT2D eigenvalue weighted by atomic mass is 19.2. The van der Waals surface area contributed by atoms with Gasteiger partial charge in [0.15, 0.2) is 11.6 Å². The van der Waals surface area contributed by atoms with E-state index in [1.165, 1.54) is 25.7 Å². The minimum Gasteiger partial charge on any atom is -0.206 e. The average Bonchev–Trinajstić information content (AvgIpc) is 2.95. The smallest absolute Gasteiger partial charge is 0.166 e. The molecule has 0 amide bonds. The summed E-state index contributed by atoms with van der Waals surface area (Å²) in [6, 6.07) is 16.0. The van der Waals surface area contributed by atoms with Crippen LogP contribution < -0.4 is 0 Å². The van der Waals surface area contributed by atoms with E-state index >= 15 is 4.39 Å². The SMILES string of the molecule is C=CC1CCC(c2ccc(-c3ccc(-c4ccc(CCCCCCCCC)c(F)c4F)cc3)c(F)c2)CC1. The zero-order valence-corrected chi connectivity index (χ0v) is 22.8. The van der Waals surface area contributed by atoms with E-state index < -0.39 is 11.6 Å². The van der Waals surface area contributed by atoms with Crippen molar-refractivity contribution in [2.24, 2.45) is 5.92 Å². The van der Waals surface area contributed by atoms with Crippen molar-refractivity contribution in [2.75, 3.05) is 0 Å². The second-order valence-electron chi connectivity index (χ2n) is 10.9. The Morgan fingerprint density at radius 2 is 1.32 bits per heavy atom. The summed E-state index contributed by atoms with van der Waals surface area (Å²) < 4.78 is 44.9. The molecule has 0 atom stereocenters. The predicted octanol–water partition coefficient (Wildman–Crippen LogP) is 11.2. The Labute approximate surface area is 227 Å². The van der Waals surface area contributed by atoms with Crippen LogP contribution >= 0.6 is 0 Å². The number of benzene rings is 3. The molecule has 202 valence electrons. The minimum atomic E-state index is -0.806. The highest BCUT2D eigenvalue weighted by molar-refractivity contribution is 5.71. The standard InChI is InChI=1S/C35H41F3/c1-3-5-6-7-8-9-10-11-29-20-23-32(35(38)34(29)37)28-18-16-27(17-19-28)31-22-21-30(24-33(31)36)26-14-12-25(4-2)13-15-26/h4,16-26H,2-3,5-15H2,1H3. The molecule has 0 aliphatic heterocycles. The molecule has 4 rings (SSSR count). The summed E-state index contributed by atoms with van der Waals surface area (Å²) in [5.41, 5.74) is 3.57. The number of halogens is 3. The van der Waals surface area contributed by atoms with E-state index in [1.54, 1.807) is 42.5 Å². The molecule has 3 aromatic carbocycles. The van der Waals surface area contributed by atoms with E-state index in [-0.39, 0.29) is 11.4 Å². The first kappa shape index (κ1) is 28.2. The molecule has 0 saturated heterocycles. The van der Waals surface area contributed by atoms with E-state index in [0.717, 1.165) is 56.1 Å². The van der Waals surface area contributed by atoms with Crippen molar-refractivity contribution in [3.8, 4) is 22.3 Å². The van der Waals surface area contributed by atoms with Gasteiger partial charge in [-0.3, -0.25) is 0 Å². The fraction of sp³-hybridized carbons (Fsp3) is 0.429. The fourth-order valence-electron chi connectivity index (χ4n) is 5.82. The maximum atomic E-state index is 15.1. The van der Waals surface area contributed by atoms with Gasteiger partial charge in [0.1, 0.15) is 5.82 Å². The van der Waals surface area contributed by atoms with E-state index in [0.29, 0.717) is 34.9 Å². The Bertz CT molecular complexity index is 1190. The van der Waals surface area contributed by atoms with Gasteiger partial charge in [-0.1, -0.05) is 100 Å². The summed E-state index contributed by atoms with van der Waals surface area (Å²) in [7, 11) is 0. The van der Waals surface area contributed by atoms with E-state index in [2.05, 4.69) is 13.5 Å². The Balaban J connectivity index is 1.39. The summed E-state index contributed by atoms with van der Waals surface area (Å²) in [6.45, 7) is 6.10. The van der Waals surface area contributed by atoms with Gasteiger partial charge in [-0.15, -0.1) is 6.58 Å². The van der Waals surface area contributed by atoms with Crippen LogP contribution in [0.25, 0.3) is 22.3 Å². The van der Waals surface area contributed by atoms with Crippen LogP contribution in [0.15, 0.2) is 67.3 Å². The number of allylic oxidation sites excluding steroid dienone is 1. The van der Waals surface area contributed by atoms with Gasteiger partial charge >= 0.3 is 0 Å². The van der Waals surface area contributed by atoms with Crippen LogP contribution in [0.4, 0.5) is 13.2 Å². The minimum absolute atomic E-state index is 0.239. The van der Waals surface area contributed by atoms with Gasteiger partial charge in [-0.05, 0) is 78.7 Å². The van der Waals surface area contributed by atoms with Crippen LogP contribution in [0.1, 0.15) is 94.6 Å². The van der Waals surface area contributed by atoms with Gasteiger partial charge in [-0.2, -0.15) is 0 Å². The lowest BCUT2D eigenvalue weighted by Crippen LogP contribution is -2.11. The molecule has 38 heavy (non-hydrogen) atoms. The molecule has 0 spiro atoms. The zero-order chi connectivity index (χ0) is 26.9. The van der Waals surface area contributed by atoms with Crippen molar-refractivity contribution >= 4 is 0 Å². The third-order valence-corrected chi connectivity index (χ3v) is 8.29. The fourth-order valence-corrected chi connectivity index (χ4v) is 5.82. The molecule has 3 heteroatoms. The summed E-state index contributed by atoms with van der Waals surface area (Å²) in [5, 5.41) is 0. The van der Waals surface area contributed by atoms with Crippen molar-refractivity contribution in [2.45, 2.75) is 89.9 Å². The molecule has 0 N–H and O–H groups in total. The van der Waals surface area contributed by atoms with Crippen LogP contribution in [-0.4, -0.2) is 0 Å². The summed E-state index contributed by atoms with van der Waals surface area (Å²) in [4.78, 5) is 0. The van der Waals surface area contributed by atoms with Crippen LogP contribution in [-0.2, 0) is 6.42 Å². The normalized spacial score (nSPS) is 17.5. The molecule has 0 radical (unpaired) electrons. The van der Waals surface area contributed by atoms with Crippen LogP contribution in [0.5, 0.6) is 0 Å². The maximum absolute atomic E-state index is 15.1. The molecule has 0 unspecified atom stereocenters. The molecule has 0 bridgehead atoms. The van der Waals surface area contributed by atoms with Crippen molar-refractivity contribution in [1.82, 2.24) is 0 Å². The maximum Gasteiger partial charge on any atom is 0.166 e. The van der Waals surface area contributed by atoms with Gasteiger partial charge in [0.25, 0.3) is 0 Å². The highest BCUT2D eigenvalue weighted by Gasteiger charge is 2.22. The Morgan fingerprint density at radius 3 is 1.95 bits per heavy atom. The van der Waals surface area contributed by atoms with Gasteiger partial charge in [0, 0.05) is 11.1 Å². The number of hydrogen-bond donors (Lipinski definition) is 0. The van der Waals surface area contributed by atoms with Crippen molar-refractivity contribution in [3.63, 3.8) is 0 Å². The summed E-state index contributed by atoms with van der Waals surface area (Å²) >= 11 is 0. The van der Waals surface area contributed by atoms with Crippen molar-refractivity contribution in [3.05, 3.63) is 95.8 Å². The lowest BCUT2D eigenvalue weighted by atomic mass is 9.78. The Hall–Kier alpha value is -2.81. The first-order valence-corrected chi connectivity index (χ1v) is 14.5. The number of rotatable bonds is 12. The first-order valence-electron chi connectivity index (χ1n) is 14.5. The number of aryl methyl sites for hydroxylation is 1. The molecule has 1 fully saturated rings. The van der Waals surface area contributed by atoms with Gasteiger partial charge in [0.05, 0.1) is 0 Å².